The lowest BCUT2D eigenvalue weighted by molar-refractivity contribution is 0.0491. The molecule has 1 amide bonds. The van der Waals surface area contributed by atoms with E-state index in [2.05, 4.69) is 26.2 Å². The van der Waals surface area contributed by atoms with Gasteiger partial charge in [-0.3, -0.25) is 10.4 Å². The average molecular weight is 447 g/mol. The van der Waals surface area contributed by atoms with Crippen LogP contribution in [0.1, 0.15) is 46.5 Å². The molecule has 0 bridgehead atoms. The van der Waals surface area contributed by atoms with E-state index in [1.165, 1.54) is 0 Å². The number of amides is 1. The van der Waals surface area contributed by atoms with Gasteiger partial charge in [0.25, 0.3) is 0 Å². The summed E-state index contributed by atoms with van der Waals surface area (Å²) >= 11 is 6.05. The van der Waals surface area contributed by atoms with Gasteiger partial charge in [-0.2, -0.15) is 5.10 Å². The number of hydrazone groups is 1. The highest BCUT2D eigenvalue weighted by atomic mass is 35.5. The summed E-state index contributed by atoms with van der Waals surface area (Å²) in [6, 6.07) is 0.0126. The molecule has 1 aliphatic carbocycles. The average Bonchev–Trinajstić information content (AvgIpc) is 2.99. The fourth-order valence-electron chi connectivity index (χ4n) is 3.56. The Bertz CT molecular complexity index is 856. The number of fused-ring (bicyclic) bond motifs is 1. The molecular weight excluding hydrogens is 420 g/mol. The molecule has 0 aromatic carbocycles. The molecule has 2 aliphatic heterocycles. The van der Waals surface area contributed by atoms with E-state index in [-0.39, 0.29) is 22.4 Å². The minimum absolute atomic E-state index is 0.00180. The van der Waals surface area contributed by atoms with Crippen LogP contribution in [0.4, 0.5) is 4.79 Å². The minimum atomic E-state index is -3.51. The standard InChI is InChI=1S/C17H27ClN6O4S/c1-17(2,3)28-16(25)20-10-7-5-9(6-8-10)19-12-11-13(22-15(18)21-12)23-24-14(11)29(4,26)27/h9-11,13,23H,5-8H2,1-4H3,(H,20,25)(H,19,21,22). The normalized spacial score (nSPS) is 31.1. The lowest BCUT2D eigenvalue weighted by atomic mass is 9.91. The van der Waals surface area contributed by atoms with E-state index in [1.807, 2.05) is 20.8 Å². The molecule has 2 atom stereocenters. The number of aliphatic imine (C=N–C) groups is 2. The molecule has 10 nitrogen and oxygen atoms in total. The highest BCUT2D eigenvalue weighted by molar-refractivity contribution is 8.05. The molecule has 2 unspecified atom stereocenters. The van der Waals surface area contributed by atoms with Crippen LogP contribution in [0.5, 0.6) is 0 Å². The van der Waals surface area contributed by atoms with Crippen molar-refractivity contribution in [2.75, 3.05) is 6.26 Å². The van der Waals surface area contributed by atoms with Crippen molar-refractivity contribution in [2.45, 2.75) is 70.3 Å². The molecule has 3 N–H and O–H groups in total. The van der Waals surface area contributed by atoms with E-state index < -0.39 is 33.6 Å². The Morgan fingerprint density at radius 2 is 1.93 bits per heavy atom. The number of sulfone groups is 1. The van der Waals surface area contributed by atoms with Crippen LogP contribution < -0.4 is 16.1 Å². The molecule has 1 saturated carbocycles. The van der Waals surface area contributed by atoms with E-state index in [9.17, 15) is 13.2 Å². The molecule has 0 aromatic rings. The highest BCUT2D eigenvalue weighted by Crippen LogP contribution is 2.26. The first-order chi connectivity index (χ1) is 13.4. The monoisotopic (exact) mass is 446 g/mol. The number of amidine groups is 2. The van der Waals surface area contributed by atoms with Gasteiger partial charge in [-0.25, -0.2) is 18.2 Å². The van der Waals surface area contributed by atoms with Crippen LogP contribution in [0.15, 0.2) is 15.1 Å². The van der Waals surface area contributed by atoms with Gasteiger partial charge in [-0.15, -0.1) is 0 Å². The van der Waals surface area contributed by atoms with Crippen molar-refractivity contribution in [3.05, 3.63) is 0 Å². The van der Waals surface area contributed by atoms with Crippen LogP contribution in [-0.2, 0) is 14.6 Å². The first-order valence-electron chi connectivity index (χ1n) is 9.53. The lowest BCUT2D eigenvalue weighted by Crippen LogP contribution is -2.49. The number of carbonyl (C=O) groups excluding carboxylic acids is 1. The third-order valence-electron chi connectivity index (χ3n) is 4.79. The topological polar surface area (TPSA) is 134 Å². The number of rotatable bonds is 2. The number of alkyl carbamates (subject to hydrolysis) is 1. The molecule has 2 heterocycles. The first kappa shape index (κ1) is 21.8. The van der Waals surface area contributed by atoms with Gasteiger partial charge < -0.3 is 15.4 Å². The van der Waals surface area contributed by atoms with Gasteiger partial charge in [0.05, 0.1) is 6.04 Å². The Balaban J connectivity index is 1.64. The van der Waals surface area contributed by atoms with Crippen LogP contribution >= 0.6 is 11.6 Å². The van der Waals surface area contributed by atoms with Crippen LogP contribution in [0.3, 0.4) is 0 Å². The smallest absolute Gasteiger partial charge is 0.407 e. The molecule has 1 fully saturated rings. The zero-order chi connectivity index (χ0) is 21.4. The Morgan fingerprint density at radius 1 is 1.28 bits per heavy atom. The van der Waals surface area contributed by atoms with Crippen molar-refractivity contribution in [3.63, 3.8) is 0 Å². The largest absolute Gasteiger partial charge is 0.444 e. The van der Waals surface area contributed by atoms with E-state index in [1.54, 1.807) is 0 Å². The summed E-state index contributed by atoms with van der Waals surface area (Å²) in [6.07, 6.45) is 3.10. The van der Waals surface area contributed by atoms with Gasteiger partial charge in [0.15, 0.2) is 26.3 Å². The van der Waals surface area contributed by atoms with Crippen LogP contribution in [0.2, 0.25) is 0 Å². The summed E-state index contributed by atoms with van der Waals surface area (Å²) in [5.74, 6) is -0.169. The summed E-state index contributed by atoms with van der Waals surface area (Å²) in [7, 11) is -3.51. The van der Waals surface area contributed by atoms with Crippen LogP contribution in [-0.4, -0.2) is 60.8 Å². The van der Waals surface area contributed by atoms with Gasteiger partial charge in [-0.05, 0) is 58.1 Å². The maximum atomic E-state index is 12.1. The maximum Gasteiger partial charge on any atom is 0.407 e. The fourth-order valence-corrected chi connectivity index (χ4v) is 4.69. The van der Waals surface area contributed by atoms with E-state index in [0.717, 1.165) is 31.9 Å². The van der Waals surface area contributed by atoms with Gasteiger partial charge in [0.1, 0.15) is 17.4 Å². The Kier molecular flexibility index (Phi) is 6.09. The molecule has 162 valence electrons. The number of hydrogen-bond donors (Lipinski definition) is 3. The Labute approximate surface area is 175 Å². The highest BCUT2D eigenvalue weighted by Gasteiger charge is 2.44. The Hall–Kier alpha value is -1.88. The summed E-state index contributed by atoms with van der Waals surface area (Å²) in [6.45, 7) is 5.47. The number of halogens is 1. The van der Waals surface area contributed by atoms with E-state index >= 15 is 0 Å². The number of nitrogens with one attached hydrogen (secondary N) is 3. The quantitative estimate of drug-likeness (QED) is 0.548. The zero-order valence-corrected chi connectivity index (χ0v) is 18.5. The number of carbonyl (C=O) groups is 1. The summed E-state index contributed by atoms with van der Waals surface area (Å²) in [5.41, 5.74) is 2.18. The first-order valence-corrected chi connectivity index (χ1v) is 11.8. The molecule has 0 spiro atoms. The predicted octanol–water partition coefficient (Wildman–Crippen LogP) is 1.32. The predicted molar refractivity (Wildman–Crippen MR) is 112 cm³/mol. The van der Waals surface area contributed by atoms with Crippen molar-refractivity contribution in [1.82, 2.24) is 16.1 Å². The SMILES string of the molecule is CC(C)(C)OC(=O)NC1CCC(N=C2NC(Cl)=NC3NN=C(S(C)(=O)=O)C23)CC1. The summed E-state index contributed by atoms with van der Waals surface area (Å²) in [4.78, 5) is 20.8. The fraction of sp³-hybridized carbons (Fsp3) is 0.765. The van der Waals surface area contributed by atoms with E-state index in [4.69, 9.17) is 21.3 Å². The molecule has 29 heavy (non-hydrogen) atoms. The molecule has 3 aliphatic rings. The Morgan fingerprint density at radius 3 is 2.52 bits per heavy atom. The third-order valence-corrected chi connectivity index (χ3v) is 6.08. The molecule has 12 heteroatoms. The number of nitrogens with zero attached hydrogens (tertiary/aromatic N) is 3. The van der Waals surface area contributed by atoms with Crippen molar-refractivity contribution < 1.29 is 17.9 Å². The summed E-state index contributed by atoms with van der Waals surface area (Å²) < 4.78 is 29.4. The second kappa shape index (κ2) is 8.10. The van der Waals surface area contributed by atoms with Gasteiger partial charge >= 0.3 is 6.09 Å². The van der Waals surface area contributed by atoms with Crippen molar-refractivity contribution in [1.29, 1.82) is 0 Å². The minimum Gasteiger partial charge on any atom is -0.444 e. The molecule has 0 radical (unpaired) electrons. The second-order valence-corrected chi connectivity index (χ2v) is 10.8. The number of ether oxygens (including phenoxy) is 1. The second-order valence-electron chi connectivity index (χ2n) is 8.48. The van der Waals surface area contributed by atoms with Crippen molar-refractivity contribution >= 4 is 43.7 Å². The zero-order valence-electron chi connectivity index (χ0n) is 16.9. The summed E-state index contributed by atoms with van der Waals surface area (Å²) in [5, 5.41) is 9.87. The third kappa shape index (κ3) is 5.59. The van der Waals surface area contributed by atoms with Gasteiger partial charge in [-0.1, -0.05) is 0 Å². The molecule has 3 rings (SSSR count). The number of hydrogen-bond acceptors (Lipinski definition) is 8. The van der Waals surface area contributed by atoms with Gasteiger partial charge in [0, 0.05) is 12.3 Å². The van der Waals surface area contributed by atoms with Crippen molar-refractivity contribution in [2.24, 2.45) is 21.0 Å². The van der Waals surface area contributed by atoms with Crippen molar-refractivity contribution in [3.8, 4) is 0 Å². The molecule has 0 saturated heterocycles. The maximum absolute atomic E-state index is 12.1. The lowest BCUT2D eigenvalue weighted by Gasteiger charge is -2.30. The molecular formula is C17H27ClN6O4S. The molecule has 0 aromatic heterocycles. The van der Waals surface area contributed by atoms with Crippen LogP contribution in [0.25, 0.3) is 0 Å². The van der Waals surface area contributed by atoms with E-state index in [0.29, 0.717) is 5.84 Å². The van der Waals surface area contributed by atoms with Gasteiger partial charge in [0.2, 0.25) is 0 Å². The van der Waals surface area contributed by atoms with Crippen LogP contribution in [0, 0.1) is 5.92 Å².